The van der Waals surface area contributed by atoms with Crippen molar-refractivity contribution in [3.05, 3.63) is 65.0 Å². The summed E-state index contributed by atoms with van der Waals surface area (Å²) in [7, 11) is 0. The van der Waals surface area contributed by atoms with Crippen LogP contribution < -0.4 is 5.32 Å². The van der Waals surface area contributed by atoms with E-state index in [9.17, 15) is 13.2 Å². The average Bonchev–Trinajstić information content (AvgIpc) is 3.14. The van der Waals surface area contributed by atoms with Gasteiger partial charge in [0, 0.05) is 12.2 Å². The van der Waals surface area contributed by atoms with E-state index in [0.717, 1.165) is 30.8 Å². The molecule has 0 fully saturated rings. The number of nitrogens with zero attached hydrogens (tertiary/aromatic N) is 2. The number of aromatic nitrogens is 2. The van der Waals surface area contributed by atoms with Gasteiger partial charge in [0.15, 0.2) is 0 Å². The van der Waals surface area contributed by atoms with Crippen LogP contribution in [0, 0.1) is 19.8 Å². The zero-order valence-corrected chi connectivity index (χ0v) is 18.8. The second-order valence-corrected chi connectivity index (χ2v) is 8.34. The van der Waals surface area contributed by atoms with Crippen LogP contribution in [0.2, 0.25) is 0 Å². The molecule has 0 radical (unpaired) electrons. The first kappa shape index (κ1) is 23.2. The number of fused-ring (bicyclic) bond motifs is 1. The van der Waals surface area contributed by atoms with Crippen molar-refractivity contribution < 1.29 is 13.2 Å². The van der Waals surface area contributed by atoms with Gasteiger partial charge in [0.05, 0.1) is 23.3 Å². The molecule has 6 heteroatoms. The third kappa shape index (κ3) is 5.41. The first-order chi connectivity index (χ1) is 14.7. The van der Waals surface area contributed by atoms with Crippen molar-refractivity contribution in [2.75, 3.05) is 5.32 Å². The van der Waals surface area contributed by atoms with Crippen LogP contribution in [0.25, 0.3) is 5.57 Å². The Morgan fingerprint density at radius 1 is 1.29 bits per heavy atom. The SMILES string of the molecule is C/C=C\C(=C/C(CCC)C(F)(F)F)c1cc2n(n1)CCCC2Nc1c(C)cccc1C. The minimum absolute atomic E-state index is 0.0782. The summed E-state index contributed by atoms with van der Waals surface area (Å²) < 4.78 is 42.5. The number of hydrogen-bond donors (Lipinski definition) is 1. The zero-order valence-electron chi connectivity index (χ0n) is 18.8. The third-order valence-corrected chi connectivity index (χ3v) is 5.87. The lowest BCUT2D eigenvalue weighted by Crippen LogP contribution is -2.22. The molecule has 1 aliphatic heterocycles. The first-order valence-electron chi connectivity index (χ1n) is 11.1. The van der Waals surface area contributed by atoms with Gasteiger partial charge in [-0.2, -0.15) is 18.3 Å². The van der Waals surface area contributed by atoms with Gasteiger partial charge >= 0.3 is 6.18 Å². The maximum atomic E-state index is 13.5. The normalized spacial score (nSPS) is 18.3. The summed E-state index contributed by atoms with van der Waals surface area (Å²) in [5, 5.41) is 8.36. The van der Waals surface area contributed by atoms with Crippen molar-refractivity contribution in [2.24, 2.45) is 5.92 Å². The minimum Gasteiger partial charge on any atom is -0.376 e. The Morgan fingerprint density at radius 2 is 2.00 bits per heavy atom. The maximum Gasteiger partial charge on any atom is 0.395 e. The van der Waals surface area contributed by atoms with E-state index in [-0.39, 0.29) is 12.5 Å². The van der Waals surface area contributed by atoms with Crippen LogP contribution in [0.15, 0.2) is 42.5 Å². The Bertz CT molecular complexity index is 933. The molecule has 1 aromatic carbocycles. The van der Waals surface area contributed by atoms with Crippen LogP contribution in [-0.4, -0.2) is 16.0 Å². The number of hydrogen-bond acceptors (Lipinski definition) is 2. The minimum atomic E-state index is -4.26. The van der Waals surface area contributed by atoms with Crippen LogP contribution in [0.4, 0.5) is 18.9 Å². The summed E-state index contributed by atoms with van der Waals surface area (Å²) in [4.78, 5) is 0. The fourth-order valence-corrected chi connectivity index (χ4v) is 4.26. The van der Waals surface area contributed by atoms with Crippen molar-refractivity contribution in [2.45, 2.75) is 72.1 Å². The molecule has 1 N–H and O–H groups in total. The highest BCUT2D eigenvalue weighted by molar-refractivity contribution is 5.72. The van der Waals surface area contributed by atoms with Crippen molar-refractivity contribution in [1.82, 2.24) is 9.78 Å². The van der Waals surface area contributed by atoms with Crippen LogP contribution in [0.1, 0.15) is 68.1 Å². The summed E-state index contributed by atoms with van der Waals surface area (Å²) in [5.74, 6) is -1.47. The lowest BCUT2D eigenvalue weighted by Gasteiger charge is -2.27. The molecular weight excluding hydrogens is 399 g/mol. The van der Waals surface area contributed by atoms with E-state index in [1.807, 2.05) is 23.7 Å². The Kier molecular flexibility index (Phi) is 7.29. The molecule has 0 spiro atoms. The second kappa shape index (κ2) is 9.75. The highest BCUT2D eigenvalue weighted by atomic mass is 19.4. The second-order valence-electron chi connectivity index (χ2n) is 8.34. The standard InChI is InChI=1S/C25H32F3N3/c1-5-9-19(15-20(10-6-2)25(26,27)28)22-16-23-21(13-8-14-31(23)30-22)29-24-17(3)11-7-12-18(24)4/h5,7,9,11-12,15-16,20-21,29H,6,8,10,13-14H2,1-4H3/b9-5-,19-15+. The number of alkyl halides is 3. The molecule has 3 rings (SSSR count). The smallest absolute Gasteiger partial charge is 0.376 e. The maximum absolute atomic E-state index is 13.5. The molecule has 0 saturated carbocycles. The highest BCUT2D eigenvalue weighted by Gasteiger charge is 2.37. The van der Waals surface area contributed by atoms with Crippen LogP contribution in [0.3, 0.4) is 0 Å². The predicted molar refractivity (Wildman–Crippen MR) is 121 cm³/mol. The van der Waals surface area contributed by atoms with Gasteiger partial charge in [-0.25, -0.2) is 0 Å². The van der Waals surface area contributed by atoms with Gasteiger partial charge in [-0.05, 0) is 62.8 Å². The molecule has 1 aromatic heterocycles. The predicted octanol–water partition coefficient (Wildman–Crippen LogP) is 7.39. The van der Waals surface area contributed by atoms with Gasteiger partial charge in [-0.15, -0.1) is 0 Å². The van der Waals surface area contributed by atoms with Gasteiger partial charge in [0.2, 0.25) is 0 Å². The van der Waals surface area contributed by atoms with Gasteiger partial charge in [0.1, 0.15) is 0 Å². The van der Waals surface area contributed by atoms with E-state index in [1.54, 1.807) is 19.1 Å². The molecule has 0 amide bonds. The lowest BCUT2D eigenvalue weighted by molar-refractivity contribution is -0.162. The summed E-state index contributed by atoms with van der Waals surface area (Å²) in [6, 6.07) is 8.24. The number of aryl methyl sites for hydroxylation is 3. The summed E-state index contributed by atoms with van der Waals surface area (Å²) in [6.07, 6.45) is 3.08. The van der Waals surface area contributed by atoms with Gasteiger partial charge in [-0.3, -0.25) is 4.68 Å². The summed E-state index contributed by atoms with van der Waals surface area (Å²) in [6.45, 7) is 8.54. The van der Waals surface area contributed by atoms with Crippen molar-refractivity contribution in [3.63, 3.8) is 0 Å². The van der Waals surface area contributed by atoms with Gasteiger partial charge in [-0.1, -0.05) is 49.8 Å². The molecule has 0 aliphatic carbocycles. The molecule has 2 aromatic rings. The Balaban J connectivity index is 1.96. The number of benzene rings is 1. The topological polar surface area (TPSA) is 29.9 Å². The van der Waals surface area contributed by atoms with Crippen LogP contribution >= 0.6 is 0 Å². The molecule has 3 nitrogen and oxygen atoms in total. The van der Waals surface area contributed by atoms with Crippen LogP contribution in [-0.2, 0) is 6.54 Å². The number of anilines is 1. The Labute approximate surface area is 183 Å². The first-order valence-corrected chi connectivity index (χ1v) is 11.1. The number of para-hydroxylation sites is 1. The number of rotatable bonds is 7. The zero-order chi connectivity index (χ0) is 22.6. The quantitative estimate of drug-likeness (QED) is 0.463. The van der Waals surface area contributed by atoms with E-state index < -0.39 is 12.1 Å². The third-order valence-electron chi connectivity index (χ3n) is 5.87. The molecule has 2 unspecified atom stereocenters. The van der Waals surface area contributed by atoms with E-state index in [2.05, 4.69) is 31.3 Å². The van der Waals surface area contributed by atoms with E-state index in [4.69, 9.17) is 5.10 Å². The molecule has 2 heterocycles. The molecule has 0 saturated heterocycles. The monoisotopic (exact) mass is 431 g/mol. The van der Waals surface area contributed by atoms with E-state index >= 15 is 0 Å². The summed E-state index contributed by atoms with van der Waals surface area (Å²) >= 11 is 0. The van der Waals surface area contributed by atoms with Crippen LogP contribution in [0.5, 0.6) is 0 Å². The van der Waals surface area contributed by atoms with E-state index in [1.165, 1.54) is 17.2 Å². The fraction of sp³-hybridized carbons (Fsp3) is 0.480. The van der Waals surface area contributed by atoms with Gasteiger partial charge in [0.25, 0.3) is 0 Å². The molecule has 168 valence electrons. The largest absolute Gasteiger partial charge is 0.395 e. The number of allylic oxidation sites excluding steroid dienone is 4. The molecule has 31 heavy (non-hydrogen) atoms. The van der Waals surface area contributed by atoms with Crippen molar-refractivity contribution in [3.8, 4) is 0 Å². The molecule has 2 atom stereocenters. The Hall–Kier alpha value is -2.50. The number of nitrogens with one attached hydrogen (secondary N) is 1. The molecule has 0 bridgehead atoms. The highest BCUT2D eigenvalue weighted by Crippen LogP contribution is 2.36. The molecule has 1 aliphatic rings. The average molecular weight is 432 g/mol. The van der Waals surface area contributed by atoms with E-state index in [0.29, 0.717) is 17.7 Å². The lowest BCUT2D eigenvalue weighted by atomic mass is 9.97. The summed E-state index contributed by atoms with van der Waals surface area (Å²) in [5.41, 5.74) is 5.64. The van der Waals surface area contributed by atoms with Crippen molar-refractivity contribution >= 4 is 11.3 Å². The Morgan fingerprint density at radius 3 is 2.61 bits per heavy atom. The fourth-order valence-electron chi connectivity index (χ4n) is 4.26. The molecular formula is C25H32F3N3. The van der Waals surface area contributed by atoms with Crippen molar-refractivity contribution in [1.29, 1.82) is 0 Å². The number of halogens is 3. The van der Waals surface area contributed by atoms with Gasteiger partial charge < -0.3 is 5.32 Å².